The second-order valence-electron chi connectivity index (χ2n) is 5.00. The number of nitrogens with zero attached hydrogens (tertiary/aromatic N) is 1. The molecule has 0 radical (unpaired) electrons. The van der Waals surface area contributed by atoms with Crippen molar-refractivity contribution in [3.05, 3.63) is 51.7 Å². The van der Waals surface area contributed by atoms with Gasteiger partial charge < -0.3 is 10.4 Å². The number of phenols is 1. The fourth-order valence-electron chi connectivity index (χ4n) is 2.69. The molecular formula is C15H18Cl2F2N2OS. The van der Waals surface area contributed by atoms with E-state index in [4.69, 9.17) is 0 Å². The van der Waals surface area contributed by atoms with E-state index in [0.29, 0.717) is 5.56 Å². The van der Waals surface area contributed by atoms with Gasteiger partial charge in [0.2, 0.25) is 5.82 Å². The van der Waals surface area contributed by atoms with E-state index in [1.807, 2.05) is 17.5 Å². The zero-order valence-corrected chi connectivity index (χ0v) is 14.6. The monoisotopic (exact) mass is 382 g/mol. The van der Waals surface area contributed by atoms with Gasteiger partial charge in [-0.15, -0.1) is 36.2 Å². The first-order valence-electron chi connectivity index (χ1n) is 6.83. The van der Waals surface area contributed by atoms with Crippen LogP contribution in [0, 0.1) is 11.6 Å². The summed E-state index contributed by atoms with van der Waals surface area (Å²) in [6, 6.07) is 6.18. The van der Waals surface area contributed by atoms with Crippen LogP contribution >= 0.6 is 36.2 Å². The molecule has 0 bridgehead atoms. The van der Waals surface area contributed by atoms with Crippen LogP contribution in [0.4, 0.5) is 8.78 Å². The molecule has 0 spiro atoms. The van der Waals surface area contributed by atoms with E-state index in [0.717, 1.165) is 37.1 Å². The SMILES string of the molecule is Cl.Cl.Oc1c([C@@H](c2cccs2)N2CCNCC2)ccc(F)c1F. The van der Waals surface area contributed by atoms with Crippen LogP contribution < -0.4 is 5.32 Å². The predicted octanol–water partition coefficient (Wildman–Crippen LogP) is 3.57. The quantitative estimate of drug-likeness (QED) is 0.851. The molecule has 1 saturated heterocycles. The second kappa shape index (κ2) is 8.80. The van der Waals surface area contributed by atoms with E-state index < -0.39 is 17.4 Å². The number of thiophene rings is 1. The summed E-state index contributed by atoms with van der Waals surface area (Å²) >= 11 is 1.55. The highest BCUT2D eigenvalue weighted by Gasteiger charge is 2.28. The molecule has 2 heterocycles. The molecule has 8 heteroatoms. The number of phenolic OH excluding ortho intramolecular Hbond substituents is 1. The average molecular weight is 383 g/mol. The normalized spacial score (nSPS) is 16.3. The standard InChI is InChI=1S/C15H16F2N2OS.2ClH/c16-11-4-3-10(15(20)13(11)17)14(12-2-1-9-21-12)19-7-5-18-6-8-19;;/h1-4,9,14,18,20H,5-8H2;2*1H/t14-;;/m0../s1. The van der Waals surface area contributed by atoms with Crippen molar-refractivity contribution in [2.24, 2.45) is 0 Å². The Bertz CT molecular complexity index is 622. The molecule has 0 saturated carbocycles. The second-order valence-corrected chi connectivity index (χ2v) is 5.98. The molecule has 0 aliphatic carbocycles. The summed E-state index contributed by atoms with van der Waals surface area (Å²) in [6.45, 7) is 3.26. The lowest BCUT2D eigenvalue weighted by molar-refractivity contribution is 0.197. The Kier molecular flexibility index (Phi) is 7.70. The van der Waals surface area contributed by atoms with Gasteiger partial charge in [0.15, 0.2) is 11.6 Å². The summed E-state index contributed by atoms with van der Waals surface area (Å²) in [6.07, 6.45) is 0. The molecule has 1 atom stereocenters. The van der Waals surface area contributed by atoms with Gasteiger partial charge in [-0.1, -0.05) is 12.1 Å². The van der Waals surface area contributed by atoms with Gasteiger partial charge in [-0.25, -0.2) is 4.39 Å². The molecule has 0 amide bonds. The molecule has 0 unspecified atom stereocenters. The largest absolute Gasteiger partial charge is 0.505 e. The van der Waals surface area contributed by atoms with Crippen molar-refractivity contribution in [2.45, 2.75) is 6.04 Å². The third-order valence-corrected chi connectivity index (χ3v) is 4.65. The first kappa shape index (κ1) is 20.1. The van der Waals surface area contributed by atoms with Crippen molar-refractivity contribution < 1.29 is 13.9 Å². The van der Waals surface area contributed by atoms with Gasteiger partial charge in [-0.2, -0.15) is 4.39 Å². The summed E-state index contributed by atoms with van der Waals surface area (Å²) in [4.78, 5) is 3.19. The summed E-state index contributed by atoms with van der Waals surface area (Å²) in [5.74, 6) is -2.79. The smallest absolute Gasteiger partial charge is 0.200 e. The zero-order chi connectivity index (χ0) is 14.8. The summed E-state index contributed by atoms with van der Waals surface area (Å²) in [5.41, 5.74) is 0.415. The number of piperazine rings is 1. The van der Waals surface area contributed by atoms with Crippen LogP contribution in [0.25, 0.3) is 0 Å². The Labute approximate surface area is 150 Å². The molecule has 23 heavy (non-hydrogen) atoms. The fourth-order valence-corrected chi connectivity index (χ4v) is 3.57. The highest BCUT2D eigenvalue weighted by Crippen LogP contribution is 2.38. The lowest BCUT2D eigenvalue weighted by atomic mass is 10.0. The highest BCUT2D eigenvalue weighted by molar-refractivity contribution is 7.10. The Balaban J connectivity index is 0.00000132. The van der Waals surface area contributed by atoms with Crippen molar-refractivity contribution in [3.8, 4) is 5.75 Å². The number of aromatic hydroxyl groups is 1. The van der Waals surface area contributed by atoms with E-state index in [1.54, 1.807) is 11.3 Å². The molecule has 2 aromatic rings. The number of halogens is 4. The Morgan fingerprint density at radius 2 is 1.83 bits per heavy atom. The lowest BCUT2D eigenvalue weighted by Crippen LogP contribution is -2.45. The summed E-state index contributed by atoms with van der Waals surface area (Å²) < 4.78 is 27.0. The van der Waals surface area contributed by atoms with Gasteiger partial charge in [0.1, 0.15) is 0 Å². The molecule has 1 aliphatic heterocycles. The van der Waals surface area contributed by atoms with Gasteiger partial charge in [0.05, 0.1) is 6.04 Å². The third-order valence-electron chi connectivity index (χ3n) is 3.72. The molecule has 1 aromatic heterocycles. The van der Waals surface area contributed by atoms with E-state index in [1.165, 1.54) is 6.07 Å². The Morgan fingerprint density at radius 3 is 2.43 bits per heavy atom. The molecule has 3 nitrogen and oxygen atoms in total. The number of rotatable bonds is 3. The topological polar surface area (TPSA) is 35.5 Å². The molecule has 1 fully saturated rings. The van der Waals surface area contributed by atoms with Crippen LogP contribution in [0.1, 0.15) is 16.5 Å². The minimum absolute atomic E-state index is 0. The van der Waals surface area contributed by atoms with Gasteiger partial charge in [-0.3, -0.25) is 4.90 Å². The first-order chi connectivity index (χ1) is 10.2. The van der Waals surface area contributed by atoms with Crippen molar-refractivity contribution >= 4 is 36.2 Å². The average Bonchev–Trinajstić information content (AvgIpc) is 3.03. The van der Waals surface area contributed by atoms with Crippen LogP contribution in [0.15, 0.2) is 29.6 Å². The minimum atomic E-state index is -1.18. The van der Waals surface area contributed by atoms with Crippen molar-refractivity contribution in [1.82, 2.24) is 10.2 Å². The van der Waals surface area contributed by atoms with E-state index >= 15 is 0 Å². The zero-order valence-electron chi connectivity index (χ0n) is 12.2. The Hall–Kier alpha value is -0.920. The molecule has 3 rings (SSSR count). The van der Waals surface area contributed by atoms with Crippen molar-refractivity contribution in [1.29, 1.82) is 0 Å². The molecular weight excluding hydrogens is 365 g/mol. The van der Waals surface area contributed by atoms with Crippen molar-refractivity contribution in [2.75, 3.05) is 26.2 Å². The first-order valence-corrected chi connectivity index (χ1v) is 7.71. The van der Waals surface area contributed by atoms with Crippen LogP contribution in [0.2, 0.25) is 0 Å². The van der Waals surface area contributed by atoms with Gasteiger partial charge >= 0.3 is 0 Å². The van der Waals surface area contributed by atoms with E-state index in [9.17, 15) is 13.9 Å². The fraction of sp³-hybridized carbons (Fsp3) is 0.333. The summed E-state index contributed by atoms with van der Waals surface area (Å²) in [5, 5.41) is 15.2. The lowest BCUT2D eigenvalue weighted by Gasteiger charge is -2.35. The number of hydrogen-bond acceptors (Lipinski definition) is 4. The van der Waals surface area contributed by atoms with Crippen molar-refractivity contribution in [3.63, 3.8) is 0 Å². The van der Waals surface area contributed by atoms with Crippen LogP contribution in [-0.4, -0.2) is 36.2 Å². The highest BCUT2D eigenvalue weighted by atomic mass is 35.5. The van der Waals surface area contributed by atoms with Gasteiger partial charge in [-0.05, 0) is 17.5 Å². The number of benzene rings is 1. The maximum atomic E-state index is 13.7. The molecule has 1 aromatic carbocycles. The van der Waals surface area contributed by atoms with Crippen LogP contribution in [0.3, 0.4) is 0 Å². The minimum Gasteiger partial charge on any atom is -0.505 e. The molecule has 2 N–H and O–H groups in total. The number of nitrogens with one attached hydrogen (secondary N) is 1. The molecule has 128 valence electrons. The maximum absolute atomic E-state index is 13.7. The third kappa shape index (κ3) is 4.14. The van der Waals surface area contributed by atoms with Gasteiger partial charge in [0.25, 0.3) is 0 Å². The van der Waals surface area contributed by atoms with Crippen LogP contribution in [0.5, 0.6) is 5.75 Å². The molecule has 1 aliphatic rings. The maximum Gasteiger partial charge on any atom is 0.200 e. The summed E-state index contributed by atoms with van der Waals surface area (Å²) in [7, 11) is 0. The van der Waals surface area contributed by atoms with Gasteiger partial charge in [0, 0.05) is 36.6 Å². The van der Waals surface area contributed by atoms with E-state index in [2.05, 4.69) is 10.2 Å². The Morgan fingerprint density at radius 1 is 1.13 bits per heavy atom. The van der Waals surface area contributed by atoms with E-state index in [-0.39, 0.29) is 30.9 Å². The predicted molar refractivity (Wildman–Crippen MR) is 93.1 cm³/mol. The van der Waals surface area contributed by atoms with Crippen LogP contribution in [-0.2, 0) is 0 Å². The number of hydrogen-bond donors (Lipinski definition) is 2.